The molecule has 0 heterocycles. The van der Waals surface area contributed by atoms with E-state index in [1.54, 1.807) is 0 Å². The van der Waals surface area contributed by atoms with Crippen molar-refractivity contribution >= 4 is 6.09 Å². The summed E-state index contributed by atoms with van der Waals surface area (Å²) in [5.41, 5.74) is 0. The Morgan fingerprint density at radius 2 is 1.14 bits per heavy atom. The van der Waals surface area contributed by atoms with Gasteiger partial charge in [-0.05, 0) is 18.8 Å². The summed E-state index contributed by atoms with van der Waals surface area (Å²) in [5.74, 6) is 0.520. The van der Waals surface area contributed by atoms with Crippen molar-refractivity contribution in [1.29, 1.82) is 0 Å². The average molecular weight is 398 g/mol. The van der Waals surface area contributed by atoms with Gasteiger partial charge in [0, 0.05) is 6.54 Å². The summed E-state index contributed by atoms with van der Waals surface area (Å²) in [6.07, 6.45) is 23.5. The van der Waals surface area contributed by atoms with Gasteiger partial charge in [0.1, 0.15) is 0 Å². The molecule has 3 heteroatoms. The number of carbonyl (C=O) groups excluding carboxylic acids is 1. The molecule has 0 fully saturated rings. The first-order valence-corrected chi connectivity index (χ1v) is 12.6. The Bertz CT molecular complexity index is 320. The fourth-order valence-electron chi connectivity index (χ4n) is 3.65. The summed E-state index contributed by atoms with van der Waals surface area (Å²) in [4.78, 5) is 11.7. The number of nitrogens with one attached hydrogen (secondary N) is 1. The zero-order valence-electron chi connectivity index (χ0n) is 19.5. The number of rotatable bonds is 21. The molecule has 3 nitrogen and oxygen atoms in total. The lowest BCUT2D eigenvalue weighted by atomic mass is 10.0. The molecule has 0 rings (SSSR count). The van der Waals surface area contributed by atoms with Crippen molar-refractivity contribution in [2.45, 2.75) is 136 Å². The molecule has 0 bridgehead atoms. The van der Waals surface area contributed by atoms with Gasteiger partial charge in [-0.1, -0.05) is 124 Å². The van der Waals surface area contributed by atoms with E-state index in [4.69, 9.17) is 4.74 Å². The number of carbonyl (C=O) groups is 1. The molecule has 0 radical (unpaired) electrons. The van der Waals surface area contributed by atoms with Crippen LogP contribution in [-0.4, -0.2) is 19.2 Å². The Morgan fingerprint density at radius 1 is 0.679 bits per heavy atom. The van der Waals surface area contributed by atoms with Crippen molar-refractivity contribution < 1.29 is 9.53 Å². The maximum atomic E-state index is 11.7. The number of ether oxygens (including phenoxy) is 1. The van der Waals surface area contributed by atoms with Crippen LogP contribution in [0.5, 0.6) is 0 Å². The molecule has 1 unspecified atom stereocenters. The third kappa shape index (κ3) is 20.0. The molecule has 0 aliphatic heterocycles. The Balaban J connectivity index is 3.27. The van der Waals surface area contributed by atoms with Crippen LogP contribution in [0.25, 0.3) is 0 Å². The molecular formula is C25H51NO2. The van der Waals surface area contributed by atoms with Crippen LogP contribution >= 0.6 is 0 Å². The topological polar surface area (TPSA) is 38.3 Å². The van der Waals surface area contributed by atoms with Crippen LogP contribution in [0.15, 0.2) is 0 Å². The van der Waals surface area contributed by atoms with Crippen molar-refractivity contribution in [3.05, 3.63) is 0 Å². The highest BCUT2D eigenvalue weighted by Crippen LogP contribution is 2.14. The average Bonchev–Trinajstić information content (AvgIpc) is 2.71. The summed E-state index contributed by atoms with van der Waals surface area (Å²) in [7, 11) is 0. The highest BCUT2D eigenvalue weighted by molar-refractivity contribution is 5.66. The molecule has 0 aliphatic rings. The summed E-state index contributed by atoms with van der Waals surface area (Å²) >= 11 is 0. The lowest BCUT2D eigenvalue weighted by molar-refractivity contribution is 0.122. The fourth-order valence-corrected chi connectivity index (χ4v) is 3.65. The second kappa shape index (κ2) is 22.6. The number of alkyl carbamates (subject to hydrolysis) is 1. The van der Waals surface area contributed by atoms with Crippen LogP contribution in [0.4, 0.5) is 4.79 Å². The molecular weight excluding hydrogens is 346 g/mol. The van der Waals surface area contributed by atoms with E-state index in [1.807, 2.05) is 0 Å². The molecule has 1 atom stereocenters. The lowest BCUT2D eigenvalue weighted by Crippen LogP contribution is -2.27. The minimum Gasteiger partial charge on any atom is -0.449 e. The molecule has 0 aromatic carbocycles. The van der Waals surface area contributed by atoms with Crippen molar-refractivity contribution in [3.8, 4) is 0 Å². The van der Waals surface area contributed by atoms with Gasteiger partial charge in [0.2, 0.25) is 0 Å². The van der Waals surface area contributed by atoms with Gasteiger partial charge >= 0.3 is 6.09 Å². The molecule has 1 amide bonds. The summed E-state index contributed by atoms with van der Waals surface area (Å²) in [6.45, 7) is 7.99. The number of hydrogen-bond donors (Lipinski definition) is 1. The quantitative estimate of drug-likeness (QED) is 0.197. The largest absolute Gasteiger partial charge is 0.449 e. The van der Waals surface area contributed by atoms with E-state index < -0.39 is 0 Å². The van der Waals surface area contributed by atoms with Gasteiger partial charge in [-0.15, -0.1) is 0 Å². The van der Waals surface area contributed by atoms with Crippen molar-refractivity contribution in [3.63, 3.8) is 0 Å². The molecule has 1 N–H and O–H groups in total. The minimum atomic E-state index is -0.232. The van der Waals surface area contributed by atoms with Crippen LogP contribution in [-0.2, 0) is 4.74 Å². The van der Waals surface area contributed by atoms with Crippen molar-refractivity contribution in [2.24, 2.45) is 5.92 Å². The van der Waals surface area contributed by atoms with E-state index in [0.717, 1.165) is 19.4 Å². The van der Waals surface area contributed by atoms with Crippen LogP contribution in [0.1, 0.15) is 136 Å². The standard InChI is InChI=1S/C25H51NO2/c1-4-7-9-10-11-12-13-14-15-16-17-18-19-20-22-26-25(27)28-23-24(6-3)21-8-5-2/h24H,4-23H2,1-3H3,(H,26,27). The van der Waals surface area contributed by atoms with Crippen LogP contribution in [0.2, 0.25) is 0 Å². The first kappa shape index (κ1) is 27.3. The highest BCUT2D eigenvalue weighted by atomic mass is 16.5. The van der Waals surface area contributed by atoms with Crippen LogP contribution in [0, 0.1) is 5.92 Å². The van der Waals surface area contributed by atoms with Crippen LogP contribution < -0.4 is 5.32 Å². The zero-order valence-corrected chi connectivity index (χ0v) is 19.5. The van der Waals surface area contributed by atoms with Gasteiger partial charge in [0.15, 0.2) is 0 Å². The SMILES string of the molecule is CCCCCCCCCCCCCCCCNC(=O)OCC(CC)CCCC. The van der Waals surface area contributed by atoms with Gasteiger partial charge in [-0.25, -0.2) is 4.79 Å². The first-order chi connectivity index (χ1) is 13.7. The molecule has 0 aromatic heterocycles. The normalized spacial score (nSPS) is 12.1. The van der Waals surface area contributed by atoms with Gasteiger partial charge in [0.05, 0.1) is 6.61 Å². The minimum absolute atomic E-state index is 0.232. The Kier molecular flexibility index (Phi) is 22.0. The van der Waals surface area contributed by atoms with Gasteiger partial charge in [-0.2, -0.15) is 0 Å². The predicted octanol–water partition coefficient (Wildman–Crippen LogP) is 8.41. The zero-order chi connectivity index (χ0) is 20.7. The van der Waals surface area contributed by atoms with Gasteiger partial charge < -0.3 is 10.1 Å². The lowest BCUT2D eigenvalue weighted by Gasteiger charge is -2.14. The monoisotopic (exact) mass is 397 g/mol. The van der Waals surface area contributed by atoms with Crippen LogP contribution in [0.3, 0.4) is 0 Å². The maximum absolute atomic E-state index is 11.7. The summed E-state index contributed by atoms with van der Waals surface area (Å²) < 4.78 is 5.36. The first-order valence-electron chi connectivity index (χ1n) is 12.6. The van der Waals surface area contributed by atoms with Crippen molar-refractivity contribution in [2.75, 3.05) is 13.2 Å². The Labute approximate surface area is 176 Å². The van der Waals surface area contributed by atoms with Gasteiger partial charge in [-0.3, -0.25) is 0 Å². The Morgan fingerprint density at radius 3 is 1.61 bits per heavy atom. The molecule has 168 valence electrons. The van der Waals surface area contributed by atoms with E-state index >= 15 is 0 Å². The molecule has 0 aliphatic carbocycles. The number of amides is 1. The van der Waals surface area contributed by atoms with E-state index in [1.165, 1.54) is 103 Å². The third-order valence-electron chi connectivity index (χ3n) is 5.79. The molecule has 0 spiro atoms. The predicted molar refractivity (Wildman–Crippen MR) is 123 cm³/mol. The number of unbranched alkanes of at least 4 members (excludes halogenated alkanes) is 14. The summed E-state index contributed by atoms with van der Waals surface area (Å²) in [5, 5.41) is 2.90. The van der Waals surface area contributed by atoms with E-state index in [9.17, 15) is 4.79 Å². The van der Waals surface area contributed by atoms with E-state index in [0.29, 0.717) is 12.5 Å². The maximum Gasteiger partial charge on any atom is 0.407 e. The molecule has 0 saturated carbocycles. The van der Waals surface area contributed by atoms with Gasteiger partial charge in [0.25, 0.3) is 0 Å². The third-order valence-corrected chi connectivity index (χ3v) is 5.79. The Hall–Kier alpha value is -0.730. The highest BCUT2D eigenvalue weighted by Gasteiger charge is 2.09. The number of hydrogen-bond acceptors (Lipinski definition) is 2. The second-order valence-corrected chi connectivity index (χ2v) is 8.54. The molecule has 0 saturated heterocycles. The smallest absolute Gasteiger partial charge is 0.407 e. The second-order valence-electron chi connectivity index (χ2n) is 8.54. The molecule has 0 aromatic rings. The summed E-state index contributed by atoms with van der Waals surface area (Å²) in [6, 6.07) is 0. The van der Waals surface area contributed by atoms with E-state index in [-0.39, 0.29) is 6.09 Å². The fraction of sp³-hybridized carbons (Fsp3) is 0.960. The van der Waals surface area contributed by atoms with E-state index in [2.05, 4.69) is 26.1 Å². The molecule has 28 heavy (non-hydrogen) atoms. The van der Waals surface area contributed by atoms with Crippen molar-refractivity contribution in [1.82, 2.24) is 5.32 Å².